The van der Waals surface area contributed by atoms with Crippen LogP contribution in [0.25, 0.3) is 0 Å². The molecule has 0 saturated carbocycles. The van der Waals surface area contributed by atoms with Gasteiger partial charge in [-0.1, -0.05) is 12.5 Å². The largest absolute Gasteiger partial charge is 0.351 e. The van der Waals surface area contributed by atoms with Gasteiger partial charge in [0.05, 0.1) is 5.69 Å². The number of hydrogen-bond donors (Lipinski definition) is 2. The first-order valence-corrected chi connectivity index (χ1v) is 7.72. The number of urea groups is 1. The summed E-state index contributed by atoms with van der Waals surface area (Å²) in [5.41, 5.74) is 7.17. The molecule has 3 nitrogen and oxygen atoms in total. The van der Waals surface area contributed by atoms with Crippen molar-refractivity contribution in [3.05, 3.63) is 23.8 Å². The molecular formula is C13H19ClN2OS. The number of rotatable bonds is 7. The van der Waals surface area contributed by atoms with Crippen LogP contribution >= 0.6 is 23.4 Å². The van der Waals surface area contributed by atoms with Crippen LogP contribution in [0, 0.1) is 0 Å². The Balaban J connectivity index is 2.66. The van der Waals surface area contributed by atoms with Crippen LogP contribution in [0.5, 0.6) is 0 Å². The van der Waals surface area contributed by atoms with Crippen LogP contribution in [0.3, 0.4) is 0 Å². The van der Waals surface area contributed by atoms with Gasteiger partial charge >= 0.3 is 6.03 Å². The molecule has 18 heavy (non-hydrogen) atoms. The molecule has 0 atom stereocenters. The molecule has 0 spiro atoms. The lowest BCUT2D eigenvalue weighted by Gasteiger charge is -2.10. The molecule has 1 aromatic rings. The van der Waals surface area contributed by atoms with Gasteiger partial charge in [-0.05, 0) is 43.2 Å². The zero-order chi connectivity index (χ0) is 13.4. The molecule has 3 N–H and O–H groups in total. The van der Waals surface area contributed by atoms with Crippen LogP contribution < -0.4 is 11.1 Å². The van der Waals surface area contributed by atoms with Crippen LogP contribution in [-0.4, -0.2) is 18.2 Å². The molecule has 0 aliphatic rings. The number of unbranched alkanes of at least 4 members (excludes halogenated alkanes) is 2. The van der Waals surface area contributed by atoms with Crippen molar-refractivity contribution in [2.75, 3.05) is 17.5 Å². The molecule has 0 bridgehead atoms. The van der Waals surface area contributed by atoms with Crippen molar-refractivity contribution < 1.29 is 4.79 Å². The number of aryl methyl sites for hydroxylation is 1. The number of nitrogens with one attached hydrogen (secondary N) is 1. The highest BCUT2D eigenvalue weighted by atomic mass is 35.5. The number of thioether (sulfide) groups is 1. The molecule has 0 aliphatic carbocycles. The van der Waals surface area contributed by atoms with Crippen molar-refractivity contribution >= 4 is 35.1 Å². The molecule has 1 aromatic carbocycles. The molecule has 0 heterocycles. The number of amides is 2. The zero-order valence-corrected chi connectivity index (χ0v) is 12.1. The van der Waals surface area contributed by atoms with Gasteiger partial charge in [-0.3, -0.25) is 0 Å². The molecule has 100 valence electrons. The van der Waals surface area contributed by atoms with E-state index in [1.807, 2.05) is 18.4 Å². The van der Waals surface area contributed by atoms with Crippen molar-refractivity contribution in [3.63, 3.8) is 0 Å². The van der Waals surface area contributed by atoms with Crippen molar-refractivity contribution in [2.24, 2.45) is 5.73 Å². The summed E-state index contributed by atoms with van der Waals surface area (Å²) in [6, 6.07) is 5.59. The first-order chi connectivity index (χ1) is 8.67. The number of benzene rings is 1. The predicted octanol–water partition coefficient (Wildman–Crippen LogP) is 3.85. The number of anilines is 1. The van der Waals surface area contributed by atoms with Gasteiger partial charge in [0, 0.05) is 10.8 Å². The fourth-order valence-corrected chi connectivity index (χ4v) is 2.46. The zero-order valence-electron chi connectivity index (χ0n) is 10.5. The Hall–Kier alpha value is -0.870. The maximum absolute atomic E-state index is 10.9. The maximum atomic E-state index is 10.9. The third kappa shape index (κ3) is 5.19. The van der Waals surface area contributed by atoms with Crippen LogP contribution in [0.15, 0.2) is 23.1 Å². The standard InChI is InChI=1S/C13H19ClN2OS/c1-18-12-7-6-10(5-3-2-4-8-14)9-11(12)16-13(15)17/h6-7,9H,2-5,8H2,1H3,(H3,15,16,17). The Morgan fingerprint density at radius 2 is 2.17 bits per heavy atom. The number of carbonyl (C=O) groups excluding carboxylic acids is 1. The number of nitrogens with two attached hydrogens (primary N) is 1. The third-order valence-corrected chi connectivity index (χ3v) is 3.68. The summed E-state index contributed by atoms with van der Waals surface area (Å²) in [6.07, 6.45) is 6.27. The van der Waals surface area contributed by atoms with E-state index in [0.717, 1.165) is 42.1 Å². The summed E-state index contributed by atoms with van der Waals surface area (Å²) >= 11 is 7.23. The van der Waals surface area contributed by atoms with E-state index < -0.39 is 6.03 Å². The van der Waals surface area contributed by atoms with E-state index in [2.05, 4.69) is 11.4 Å². The maximum Gasteiger partial charge on any atom is 0.316 e. The second-order valence-corrected chi connectivity index (χ2v) is 5.25. The minimum Gasteiger partial charge on any atom is -0.351 e. The Kier molecular flexibility index (Phi) is 6.98. The topological polar surface area (TPSA) is 55.1 Å². The Morgan fingerprint density at radius 1 is 1.39 bits per heavy atom. The van der Waals surface area contributed by atoms with Gasteiger partial charge in [0.1, 0.15) is 0 Å². The monoisotopic (exact) mass is 286 g/mol. The summed E-state index contributed by atoms with van der Waals surface area (Å²) in [6.45, 7) is 0. The molecule has 0 unspecified atom stereocenters. The average molecular weight is 287 g/mol. The van der Waals surface area contributed by atoms with Gasteiger partial charge in [0.2, 0.25) is 0 Å². The molecule has 0 fully saturated rings. The van der Waals surface area contributed by atoms with Crippen molar-refractivity contribution in [3.8, 4) is 0 Å². The highest BCUT2D eigenvalue weighted by Gasteiger charge is 2.05. The van der Waals surface area contributed by atoms with E-state index in [-0.39, 0.29) is 0 Å². The molecule has 2 amide bonds. The van der Waals surface area contributed by atoms with E-state index in [9.17, 15) is 4.79 Å². The normalized spacial score (nSPS) is 10.3. The quantitative estimate of drug-likeness (QED) is 0.454. The Morgan fingerprint density at radius 3 is 2.78 bits per heavy atom. The molecule has 0 aromatic heterocycles. The van der Waals surface area contributed by atoms with Gasteiger partial charge in [0.15, 0.2) is 0 Å². The molecule has 0 aliphatic heterocycles. The fourth-order valence-electron chi connectivity index (χ4n) is 1.74. The van der Waals surface area contributed by atoms with Crippen molar-refractivity contribution in [1.82, 2.24) is 0 Å². The molecule has 0 radical (unpaired) electrons. The summed E-state index contributed by atoms with van der Waals surface area (Å²) in [5, 5.41) is 2.66. The minimum absolute atomic E-state index is 0.524. The second-order valence-electron chi connectivity index (χ2n) is 4.02. The van der Waals surface area contributed by atoms with Crippen LogP contribution in [0.2, 0.25) is 0 Å². The average Bonchev–Trinajstić information content (AvgIpc) is 2.34. The van der Waals surface area contributed by atoms with Gasteiger partial charge in [-0.2, -0.15) is 0 Å². The smallest absolute Gasteiger partial charge is 0.316 e. The van der Waals surface area contributed by atoms with E-state index >= 15 is 0 Å². The van der Waals surface area contributed by atoms with E-state index in [1.54, 1.807) is 11.8 Å². The summed E-state index contributed by atoms with van der Waals surface area (Å²) < 4.78 is 0. The SMILES string of the molecule is CSc1ccc(CCCCCCl)cc1NC(N)=O. The fraction of sp³-hybridized carbons (Fsp3) is 0.462. The first-order valence-electron chi connectivity index (χ1n) is 5.96. The van der Waals surface area contributed by atoms with Crippen LogP contribution in [0.4, 0.5) is 10.5 Å². The lowest BCUT2D eigenvalue weighted by molar-refractivity contribution is 0.259. The van der Waals surface area contributed by atoms with Gasteiger partial charge in [0.25, 0.3) is 0 Å². The Bertz CT molecular complexity index is 399. The lowest BCUT2D eigenvalue weighted by Crippen LogP contribution is -2.19. The number of primary amides is 1. The van der Waals surface area contributed by atoms with E-state index in [0.29, 0.717) is 0 Å². The third-order valence-electron chi connectivity index (χ3n) is 2.62. The van der Waals surface area contributed by atoms with Crippen molar-refractivity contribution in [1.29, 1.82) is 0 Å². The lowest BCUT2D eigenvalue weighted by atomic mass is 10.1. The van der Waals surface area contributed by atoms with Gasteiger partial charge in [-0.15, -0.1) is 23.4 Å². The van der Waals surface area contributed by atoms with Crippen LogP contribution in [0.1, 0.15) is 24.8 Å². The van der Waals surface area contributed by atoms with Crippen LogP contribution in [-0.2, 0) is 6.42 Å². The first kappa shape index (κ1) is 15.2. The number of carbonyl (C=O) groups is 1. The predicted molar refractivity (Wildman–Crippen MR) is 79.7 cm³/mol. The number of hydrogen-bond acceptors (Lipinski definition) is 2. The minimum atomic E-state index is -0.524. The molecule has 1 rings (SSSR count). The molecule has 0 saturated heterocycles. The second kappa shape index (κ2) is 8.27. The number of alkyl halides is 1. The summed E-state index contributed by atoms with van der Waals surface area (Å²) in [7, 11) is 0. The molecule has 5 heteroatoms. The van der Waals surface area contributed by atoms with Crippen molar-refractivity contribution in [2.45, 2.75) is 30.6 Å². The highest BCUT2D eigenvalue weighted by molar-refractivity contribution is 7.98. The van der Waals surface area contributed by atoms with Gasteiger partial charge in [-0.25, -0.2) is 4.79 Å². The summed E-state index contributed by atoms with van der Waals surface area (Å²) in [5.74, 6) is 0.722. The summed E-state index contributed by atoms with van der Waals surface area (Å²) in [4.78, 5) is 12.0. The van der Waals surface area contributed by atoms with E-state index in [4.69, 9.17) is 17.3 Å². The van der Waals surface area contributed by atoms with Gasteiger partial charge < -0.3 is 11.1 Å². The van der Waals surface area contributed by atoms with E-state index in [1.165, 1.54) is 5.56 Å². The Labute approximate surface area is 117 Å². The number of halogens is 1. The highest BCUT2D eigenvalue weighted by Crippen LogP contribution is 2.27. The molecular weight excluding hydrogens is 268 g/mol.